The lowest BCUT2D eigenvalue weighted by Crippen LogP contribution is -2.41. The van der Waals surface area contributed by atoms with Gasteiger partial charge in [-0.3, -0.25) is 4.79 Å². The average molecular weight is 366 g/mol. The molecule has 0 aliphatic carbocycles. The Morgan fingerprint density at radius 2 is 1.92 bits per heavy atom. The van der Waals surface area contributed by atoms with Gasteiger partial charge in [0.05, 0.1) is 18.8 Å². The molecule has 1 aromatic carbocycles. The van der Waals surface area contributed by atoms with Gasteiger partial charge in [0, 0.05) is 25.0 Å². The van der Waals surface area contributed by atoms with Crippen molar-refractivity contribution in [2.75, 3.05) is 31.6 Å². The molecule has 132 valence electrons. The smallest absolute Gasteiger partial charge is 0.301 e. The summed E-state index contributed by atoms with van der Waals surface area (Å²) >= 11 is 0. The number of halogens is 2. The average Bonchev–Trinajstić information content (AvgIpc) is 2.62. The van der Waals surface area contributed by atoms with E-state index in [0.29, 0.717) is 32.0 Å². The molecule has 1 amide bonds. The summed E-state index contributed by atoms with van der Waals surface area (Å²) < 4.78 is 33.2. The lowest BCUT2D eigenvalue weighted by Gasteiger charge is -2.27. The molecule has 0 radical (unpaired) electrons. The van der Waals surface area contributed by atoms with Crippen LogP contribution in [0.5, 0.6) is 0 Å². The number of morpholine rings is 1. The maximum absolute atomic E-state index is 14.0. The summed E-state index contributed by atoms with van der Waals surface area (Å²) in [5.41, 5.74) is -3.52. The molecule has 1 aromatic heterocycles. The van der Waals surface area contributed by atoms with Gasteiger partial charge in [0.15, 0.2) is 0 Å². The first-order chi connectivity index (χ1) is 11.9. The molecule has 6 nitrogen and oxygen atoms in total. The number of hydrogen-bond donors (Lipinski definition) is 1. The van der Waals surface area contributed by atoms with Crippen LogP contribution in [0.2, 0.25) is 0 Å². The van der Waals surface area contributed by atoms with Gasteiger partial charge in [0.2, 0.25) is 5.95 Å². The maximum atomic E-state index is 14.0. The van der Waals surface area contributed by atoms with Gasteiger partial charge >= 0.3 is 5.66 Å². The van der Waals surface area contributed by atoms with E-state index in [1.165, 1.54) is 14.1 Å². The second-order valence-electron chi connectivity index (χ2n) is 5.47. The van der Waals surface area contributed by atoms with Gasteiger partial charge in [-0.05, 0) is 12.1 Å². The summed E-state index contributed by atoms with van der Waals surface area (Å²) in [5.74, 6) is -0.520. The van der Waals surface area contributed by atoms with Crippen LogP contribution in [-0.4, -0.2) is 47.1 Å². The summed E-state index contributed by atoms with van der Waals surface area (Å²) in [6.07, 6.45) is 1.14. The molecule has 1 unspecified atom stereocenters. The monoisotopic (exact) mass is 366 g/mol. The molecule has 2 heterocycles. The largest absolute Gasteiger partial charge is 0.378 e. The predicted molar refractivity (Wildman–Crippen MR) is 92.1 cm³/mol. The molecule has 3 rings (SSSR count). The second-order valence-corrected chi connectivity index (χ2v) is 6.20. The number of carbonyl (C=O) groups excluding carboxylic acids is 1. The number of carbonyl (C=O) groups is 1. The highest BCUT2D eigenvalue weighted by atomic mass is 31.0. The molecule has 1 aliphatic rings. The first-order valence-corrected chi connectivity index (χ1v) is 8.26. The normalized spacial score (nSPS) is 15.1. The Bertz CT molecular complexity index is 750. The van der Waals surface area contributed by atoms with Crippen molar-refractivity contribution in [1.29, 1.82) is 0 Å². The number of nitrogens with one attached hydrogen (secondary N) is 1. The second kappa shape index (κ2) is 7.37. The summed E-state index contributed by atoms with van der Waals surface area (Å²) in [7, 11) is 1.42. The number of rotatable bonds is 4. The minimum Gasteiger partial charge on any atom is -0.378 e. The minimum atomic E-state index is -3.35. The summed E-state index contributed by atoms with van der Waals surface area (Å²) in [6, 6.07) is 8.94. The van der Waals surface area contributed by atoms with Crippen molar-refractivity contribution in [3.05, 3.63) is 47.8 Å². The van der Waals surface area contributed by atoms with Crippen molar-refractivity contribution in [3.63, 3.8) is 0 Å². The number of ether oxygens (including phenoxy) is 1. The molecule has 9 heteroatoms. The van der Waals surface area contributed by atoms with Crippen molar-refractivity contribution >= 4 is 26.8 Å². The fraction of sp³-hybridized carbons (Fsp3) is 0.312. The Morgan fingerprint density at radius 1 is 1.24 bits per heavy atom. The number of alkyl halides is 2. The van der Waals surface area contributed by atoms with E-state index < -0.39 is 17.3 Å². The van der Waals surface area contributed by atoms with Crippen molar-refractivity contribution in [3.8, 4) is 0 Å². The van der Waals surface area contributed by atoms with Crippen LogP contribution in [0.15, 0.2) is 36.5 Å². The van der Waals surface area contributed by atoms with E-state index >= 15 is 0 Å². The zero-order valence-electron chi connectivity index (χ0n) is 13.3. The van der Waals surface area contributed by atoms with Crippen molar-refractivity contribution in [1.82, 2.24) is 14.9 Å². The fourth-order valence-electron chi connectivity index (χ4n) is 2.44. The number of aromatic nitrogens is 2. The van der Waals surface area contributed by atoms with Gasteiger partial charge in [-0.2, -0.15) is 8.78 Å². The van der Waals surface area contributed by atoms with Crippen LogP contribution in [0.25, 0.3) is 0 Å². The van der Waals surface area contributed by atoms with Gasteiger partial charge in [-0.15, -0.1) is 0 Å². The Hall–Kier alpha value is -2.18. The molecule has 1 N–H and O–H groups in total. The van der Waals surface area contributed by atoms with Crippen molar-refractivity contribution in [2.24, 2.45) is 0 Å². The van der Waals surface area contributed by atoms with E-state index in [-0.39, 0.29) is 11.5 Å². The van der Waals surface area contributed by atoms with Crippen LogP contribution in [0.4, 0.5) is 20.4 Å². The van der Waals surface area contributed by atoms with Gasteiger partial charge < -0.3 is 15.0 Å². The van der Waals surface area contributed by atoms with Gasteiger partial charge in [-0.1, -0.05) is 27.4 Å². The molecule has 1 atom stereocenters. The molecule has 1 fully saturated rings. The zero-order valence-corrected chi connectivity index (χ0v) is 14.4. The van der Waals surface area contributed by atoms with Gasteiger partial charge in [0.25, 0.3) is 5.91 Å². The third-order valence-corrected chi connectivity index (χ3v) is 3.94. The van der Waals surface area contributed by atoms with Crippen LogP contribution in [0, 0.1) is 0 Å². The molecule has 0 saturated carbocycles. The highest BCUT2D eigenvalue weighted by Gasteiger charge is 2.34. The number of para-hydroxylation sites is 1. The highest BCUT2D eigenvalue weighted by Crippen LogP contribution is 2.36. The molecular weight excluding hydrogens is 349 g/mol. The molecule has 2 aromatic rings. The lowest BCUT2D eigenvalue weighted by molar-refractivity contribution is 0.0292. The Balaban J connectivity index is 1.91. The number of hydrogen-bond acceptors (Lipinski definition) is 5. The molecule has 0 bridgehead atoms. The Kier molecular flexibility index (Phi) is 5.20. The zero-order chi connectivity index (χ0) is 17.9. The van der Waals surface area contributed by atoms with Crippen LogP contribution < -0.4 is 5.32 Å². The van der Waals surface area contributed by atoms with Crippen LogP contribution in [-0.2, 0) is 10.4 Å². The van der Waals surface area contributed by atoms with Gasteiger partial charge in [-0.25, -0.2) is 9.97 Å². The molecule has 25 heavy (non-hydrogen) atoms. The highest BCUT2D eigenvalue weighted by molar-refractivity contribution is 7.17. The number of amides is 1. The summed E-state index contributed by atoms with van der Waals surface area (Å²) in [4.78, 5) is 21.9. The standard InChI is InChI=1S/C16H17F2N4O2P/c17-16(18,25)13-12(14(23)22-6-8-24-9-7-22)10-19-15(21-13)20-11-4-2-1-3-5-11/h1-5,10H,6-9,25H2,(H,19,20,21). The number of nitrogens with zero attached hydrogens (tertiary/aromatic N) is 3. The lowest BCUT2D eigenvalue weighted by atomic mass is 10.2. The van der Waals surface area contributed by atoms with Crippen LogP contribution in [0.3, 0.4) is 0 Å². The van der Waals surface area contributed by atoms with Crippen LogP contribution in [0.1, 0.15) is 16.1 Å². The van der Waals surface area contributed by atoms with E-state index in [0.717, 1.165) is 6.20 Å². The Morgan fingerprint density at radius 3 is 2.56 bits per heavy atom. The van der Waals surface area contributed by atoms with E-state index in [2.05, 4.69) is 15.3 Å². The summed E-state index contributed by atoms with van der Waals surface area (Å²) in [6.45, 7) is 1.47. The van der Waals surface area contributed by atoms with E-state index in [1.807, 2.05) is 6.07 Å². The predicted octanol–water partition coefficient (Wildman–Crippen LogP) is 2.62. The summed E-state index contributed by atoms with van der Waals surface area (Å²) in [5, 5.41) is 2.85. The first kappa shape index (κ1) is 17.6. The van der Waals surface area contributed by atoms with E-state index in [9.17, 15) is 13.6 Å². The van der Waals surface area contributed by atoms with Crippen LogP contribution >= 0.6 is 9.24 Å². The topological polar surface area (TPSA) is 67.4 Å². The number of anilines is 2. The van der Waals surface area contributed by atoms with E-state index in [4.69, 9.17) is 4.74 Å². The molecular formula is C16H17F2N4O2P. The minimum absolute atomic E-state index is 0.00172. The Labute approximate surface area is 145 Å². The van der Waals surface area contributed by atoms with Gasteiger partial charge in [0.1, 0.15) is 5.69 Å². The maximum Gasteiger partial charge on any atom is 0.301 e. The molecule has 1 saturated heterocycles. The van der Waals surface area contributed by atoms with Crippen molar-refractivity contribution in [2.45, 2.75) is 5.66 Å². The molecule has 1 aliphatic heterocycles. The van der Waals surface area contributed by atoms with E-state index in [1.54, 1.807) is 24.3 Å². The quantitative estimate of drug-likeness (QED) is 0.843. The first-order valence-electron chi connectivity index (χ1n) is 7.68. The number of benzene rings is 1. The third kappa shape index (κ3) is 4.27. The third-order valence-electron chi connectivity index (χ3n) is 3.66. The SMILES string of the molecule is O=C(c1cnc(Nc2ccccc2)nc1C(F)(F)P)N1CCOCC1. The molecule has 0 spiro atoms. The fourth-order valence-corrected chi connectivity index (χ4v) is 2.66. The van der Waals surface area contributed by atoms with Crippen molar-refractivity contribution < 1.29 is 18.3 Å².